The summed E-state index contributed by atoms with van der Waals surface area (Å²) in [4.78, 5) is 19.6. The summed E-state index contributed by atoms with van der Waals surface area (Å²) in [5.41, 5.74) is 0. The molecule has 0 heterocycles. The van der Waals surface area contributed by atoms with Crippen molar-refractivity contribution in [3.63, 3.8) is 0 Å². The normalized spacial score (nSPS) is 7.64. The Kier molecular flexibility index (Phi) is 11.6. The summed E-state index contributed by atoms with van der Waals surface area (Å²) in [6.07, 6.45) is 0. The molecule has 0 saturated carbocycles. The first-order valence-electron chi connectivity index (χ1n) is 3.23. The second kappa shape index (κ2) is 9.62. The number of alkyl halides is 1. The molecule has 0 radical (unpaired) electrons. The Bertz CT molecular complexity index is 119. The summed E-state index contributed by atoms with van der Waals surface area (Å²) in [6.45, 7) is 5.30. The third-order valence-corrected chi connectivity index (χ3v) is 0.872. The van der Waals surface area contributed by atoms with Gasteiger partial charge in [-0.1, -0.05) is 15.9 Å². The molecule has 0 aliphatic carbocycles. The summed E-state index contributed by atoms with van der Waals surface area (Å²) in [5, 5.41) is 0.292. The first kappa shape index (κ1) is 13.2. The molecule has 0 aliphatic heterocycles. The molecule has 0 aliphatic rings. The maximum atomic E-state index is 10.1. The maximum absolute atomic E-state index is 10.1. The van der Waals surface area contributed by atoms with Gasteiger partial charge >= 0.3 is 5.97 Å². The lowest BCUT2D eigenvalue weighted by molar-refractivity contribution is -0.139. The molecule has 3 nitrogen and oxygen atoms in total. The van der Waals surface area contributed by atoms with Crippen LogP contribution in [0.5, 0.6) is 0 Å². The quantitative estimate of drug-likeness (QED) is 0.528. The van der Waals surface area contributed by atoms with Gasteiger partial charge in [-0.3, -0.25) is 4.79 Å². The number of halogens is 1. The molecule has 0 aromatic carbocycles. The molecule has 0 spiro atoms. The maximum Gasteiger partial charge on any atom is 0.316 e. The van der Waals surface area contributed by atoms with Crippen molar-refractivity contribution in [2.24, 2.45) is 0 Å². The van der Waals surface area contributed by atoms with Crippen LogP contribution in [0.3, 0.4) is 0 Å². The Hall–Kier alpha value is -0.380. The van der Waals surface area contributed by atoms with Gasteiger partial charge in [0.15, 0.2) is 0 Å². The Balaban J connectivity index is 0. The Morgan fingerprint density at radius 2 is 1.73 bits per heavy atom. The highest BCUT2D eigenvalue weighted by Crippen LogP contribution is 1.82. The number of Topliss-reactive ketones (excluding diaryl/α,β-unsaturated/α-hetero) is 1. The first-order valence-corrected chi connectivity index (χ1v) is 4.35. The molecule has 4 heteroatoms. The van der Waals surface area contributed by atoms with E-state index >= 15 is 0 Å². The molecule has 0 atom stereocenters. The molecule has 0 bridgehead atoms. The molecule has 0 rings (SSSR count). The number of carbonyl (C=O) groups is 2. The van der Waals surface area contributed by atoms with Gasteiger partial charge in [0, 0.05) is 0 Å². The van der Waals surface area contributed by atoms with Crippen LogP contribution in [0.15, 0.2) is 0 Å². The summed E-state index contributed by atoms with van der Waals surface area (Å²) >= 11 is 2.94. The largest absolute Gasteiger partial charge is 0.465 e. The second-order valence-corrected chi connectivity index (χ2v) is 2.41. The lowest BCUT2D eigenvalue weighted by Gasteiger charge is -1.92. The lowest BCUT2D eigenvalue weighted by Crippen LogP contribution is -2.03. The van der Waals surface area contributed by atoms with Gasteiger partial charge < -0.3 is 9.53 Å². The van der Waals surface area contributed by atoms with E-state index in [1.165, 1.54) is 13.8 Å². The molecule has 11 heavy (non-hydrogen) atoms. The van der Waals surface area contributed by atoms with E-state index < -0.39 is 0 Å². The van der Waals surface area contributed by atoms with Crippen molar-refractivity contribution in [1.82, 2.24) is 0 Å². The zero-order chi connectivity index (χ0) is 9.28. The Morgan fingerprint density at radius 1 is 1.36 bits per heavy atom. The van der Waals surface area contributed by atoms with Crippen molar-refractivity contribution in [1.29, 1.82) is 0 Å². The third kappa shape index (κ3) is 26.2. The molecule has 0 N–H and O–H groups in total. The van der Waals surface area contributed by atoms with E-state index in [-0.39, 0.29) is 11.8 Å². The second-order valence-electron chi connectivity index (χ2n) is 1.85. The van der Waals surface area contributed by atoms with E-state index in [1.807, 2.05) is 0 Å². The van der Waals surface area contributed by atoms with E-state index in [9.17, 15) is 9.59 Å². The van der Waals surface area contributed by atoms with Gasteiger partial charge in [-0.15, -0.1) is 0 Å². The minimum absolute atomic E-state index is 0.167. The van der Waals surface area contributed by atoms with E-state index in [0.29, 0.717) is 11.9 Å². The molecule has 0 saturated heterocycles. The number of carbonyl (C=O) groups excluding carboxylic acids is 2. The molecule has 0 fully saturated rings. The predicted molar refractivity (Wildman–Crippen MR) is 46.8 cm³/mol. The fourth-order valence-electron chi connectivity index (χ4n) is 0.200. The zero-order valence-electron chi connectivity index (χ0n) is 7.02. The van der Waals surface area contributed by atoms with Gasteiger partial charge in [-0.2, -0.15) is 0 Å². The highest BCUT2D eigenvalue weighted by molar-refractivity contribution is 9.09. The predicted octanol–water partition coefficient (Wildman–Crippen LogP) is 1.54. The van der Waals surface area contributed by atoms with Crippen LogP contribution in [0.2, 0.25) is 0 Å². The minimum Gasteiger partial charge on any atom is -0.465 e. The van der Waals surface area contributed by atoms with Gasteiger partial charge in [0.1, 0.15) is 11.1 Å². The van der Waals surface area contributed by atoms with Crippen LogP contribution in [-0.4, -0.2) is 23.7 Å². The van der Waals surface area contributed by atoms with Crippen LogP contribution in [0, 0.1) is 0 Å². The van der Waals surface area contributed by atoms with Crippen LogP contribution in [0.4, 0.5) is 0 Å². The fourth-order valence-corrected chi connectivity index (χ4v) is 0.361. The zero-order valence-corrected chi connectivity index (χ0v) is 8.60. The van der Waals surface area contributed by atoms with Crippen molar-refractivity contribution in [2.45, 2.75) is 20.8 Å². The SMILES string of the molecule is CC(C)=O.CCOC(=O)CBr. The molecule has 66 valence electrons. The monoisotopic (exact) mass is 224 g/mol. The van der Waals surface area contributed by atoms with E-state index in [4.69, 9.17) is 0 Å². The fraction of sp³-hybridized carbons (Fsp3) is 0.714. The molecular weight excluding hydrogens is 212 g/mol. The number of hydrogen-bond donors (Lipinski definition) is 0. The first-order chi connectivity index (χ1) is 5.04. The number of esters is 1. The molecule has 0 aromatic rings. The summed E-state index contributed by atoms with van der Waals surface area (Å²) in [7, 11) is 0. The van der Waals surface area contributed by atoms with E-state index in [1.54, 1.807) is 6.92 Å². The van der Waals surface area contributed by atoms with Crippen LogP contribution in [-0.2, 0) is 14.3 Å². The molecule has 0 amide bonds. The highest BCUT2D eigenvalue weighted by Gasteiger charge is 1.92. The van der Waals surface area contributed by atoms with Crippen LogP contribution < -0.4 is 0 Å². The number of hydrogen-bond acceptors (Lipinski definition) is 3. The highest BCUT2D eigenvalue weighted by atomic mass is 79.9. The summed E-state index contributed by atoms with van der Waals surface area (Å²) < 4.78 is 4.51. The summed E-state index contributed by atoms with van der Waals surface area (Å²) in [5.74, 6) is -0.0394. The minimum atomic E-state index is -0.206. The standard InChI is InChI=1S/C4H7BrO2.C3H6O/c1-2-7-4(6)3-5;1-3(2)4/h2-3H2,1H3;1-2H3. The summed E-state index contributed by atoms with van der Waals surface area (Å²) in [6, 6.07) is 0. The Morgan fingerprint density at radius 3 is 1.82 bits per heavy atom. The van der Waals surface area contributed by atoms with Crippen LogP contribution in [0.25, 0.3) is 0 Å². The number of ether oxygens (including phenoxy) is 1. The smallest absolute Gasteiger partial charge is 0.316 e. The van der Waals surface area contributed by atoms with Crippen molar-refractivity contribution >= 4 is 27.7 Å². The van der Waals surface area contributed by atoms with Gasteiger partial charge in [-0.25, -0.2) is 0 Å². The Labute approximate surface area is 75.2 Å². The molecular formula is C7H13BrO3. The average molecular weight is 225 g/mol. The van der Waals surface area contributed by atoms with Crippen molar-refractivity contribution in [3.05, 3.63) is 0 Å². The van der Waals surface area contributed by atoms with Crippen LogP contribution in [0.1, 0.15) is 20.8 Å². The lowest BCUT2D eigenvalue weighted by atomic mass is 10.6. The van der Waals surface area contributed by atoms with Gasteiger partial charge in [0.05, 0.1) is 6.61 Å². The topological polar surface area (TPSA) is 43.4 Å². The van der Waals surface area contributed by atoms with Crippen molar-refractivity contribution in [2.75, 3.05) is 11.9 Å². The van der Waals surface area contributed by atoms with Crippen LogP contribution >= 0.6 is 15.9 Å². The third-order valence-electron chi connectivity index (χ3n) is 0.414. The van der Waals surface area contributed by atoms with Crippen molar-refractivity contribution in [3.8, 4) is 0 Å². The number of rotatable bonds is 2. The van der Waals surface area contributed by atoms with Gasteiger partial charge in [-0.05, 0) is 20.8 Å². The average Bonchev–Trinajstić information content (AvgIpc) is 1.87. The molecule has 0 unspecified atom stereocenters. The van der Waals surface area contributed by atoms with E-state index in [0.717, 1.165) is 0 Å². The number of ketones is 1. The van der Waals surface area contributed by atoms with Gasteiger partial charge in [0.25, 0.3) is 0 Å². The molecule has 0 aromatic heterocycles. The van der Waals surface area contributed by atoms with Gasteiger partial charge in [0.2, 0.25) is 0 Å². The van der Waals surface area contributed by atoms with E-state index in [2.05, 4.69) is 20.7 Å². The van der Waals surface area contributed by atoms with Crippen molar-refractivity contribution < 1.29 is 14.3 Å².